The van der Waals surface area contributed by atoms with Crippen LogP contribution in [0.5, 0.6) is 0 Å². The van der Waals surface area contributed by atoms with Gasteiger partial charge in [-0.2, -0.15) is 13.2 Å². The van der Waals surface area contributed by atoms with Crippen LogP contribution in [0.15, 0.2) is 77.2 Å². The van der Waals surface area contributed by atoms with E-state index >= 15 is 8.78 Å². The summed E-state index contributed by atoms with van der Waals surface area (Å²) < 4.78 is 104. The molecule has 4 aromatic carbocycles. The van der Waals surface area contributed by atoms with Gasteiger partial charge in [0.25, 0.3) is 5.91 Å². The normalized spacial score (nSPS) is 16.2. The molecule has 24 heteroatoms. The maximum absolute atomic E-state index is 15.9. The molecular weight excluding hydrogens is 981 g/mol. The minimum atomic E-state index is -4.92. The van der Waals surface area contributed by atoms with E-state index in [0.717, 1.165) is 18.2 Å². The number of aliphatic hydroxyl groups is 2. The topological polar surface area (TPSA) is 174 Å². The predicted molar refractivity (Wildman–Crippen MR) is 251 cm³/mol. The fraction of sp³-hybridized carbons (Fsp3) is 0.396. The second kappa shape index (κ2) is 23.5. The third-order valence-corrected chi connectivity index (χ3v) is 12.9. The summed E-state index contributed by atoms with van der Waals surface area (Å²) in [7, 11) is 0. The second-order valence-electron chi connectivity index (χ2n) is 17.4. The van der Waals surface area contributed by atoms with Crippen LogP contribution < -0.4 is 20.7 Å². The number of rotatable bonds is 16. The summed E-state index contributed by atoms with van der Waals surface area (Å²) in [4.78, 5) is 51.3. The van der Waals surface area contributed by atoms with Crippen LogP contribution in [0, 0.1) is 36.1 Å². The van der Waals surface area contributed by atoms with Crippen molar-refractivity contribution in [3.05, 3.63) is 129 Å². The molecule has 5 aromatic rings. The number of hydrogen-bond donors (Lipinski definition) is 4. The first kappa shape index (κ1) is 53.4. The molecule has 5 amide bonds. The summed E-state index contributed by atoms with van der Waals surface area (Å²) in [5.74, 6) is -6.14. The molecule has 0 bridgehead atoms. The monoisotopic (exact) mass is 1030 g/mol. The smallest absolute Gasteiger partial charge is 0.413 e. The SMILES string of the molecule is Cc1cc(N(Cc2ccc(C(=O)NNC[C@@H](C)C3CN(C(=O)N(Cc4ccc(-c5nnc(C(F)(F)F)o5)cc4F)c4ccc(F)c(Cl)c4)CCN3CCO)cc2F)C(=O)N2CCN(CCO)CC2)ccc1F. The Morgan fingerprint density at radius 1 is 0.764 bits per heavy atom. The molecule has 72 heavy (non-hydrogen) atoms. The van der Waals surface area contributed by atoms with Crippen LogP contribution in [0.3, 0.4) is 0 Å². The number of nitrogens with one attached hydrogen (secondary N) is 2. The maximum atomic E-state index is 15.9. The third kappa shape index (κ3) is 12.8. The van der Waals surface area contributed by atoms with Gasteiger partial charge in [0.05, 0.1) is 31.3 Å². The van der Waals surface area contributed by atoms with Crippen molar-refractivity contribution in [3.8, 4) is 11.5 Å². The number of hydrogen-bond acceptors (Lipinski definition) is 11. The Kier molecular flexibility index (Phi) is 17.4. The van der Waals surface area contributed by atoms with Gasteiger partial charge in [-0.1, -0.05) is 30.7 Å². The van der Waals surface area contributed by atoms with E-state index in [1.165, 1.54) is 69.3 Å². The number of carbonyl (C=O) groups excluding carboxylic acids is 3. The number of aromatic nitrogens is 2. The molecule has 0 aliphatic carbocycles. The van der Waals surface area contributed by atoms with Gasteiger partial charge in [-0.25, -0.2) is 32.6 Å². The summed E-state index contributed by atoms with van der Waals surface area (Å²) in [6, 6.07) is 13.4. The second-order valence-corrected chi connectivity index (χ2v) is 17.8. The molecular formula is C48H52ClF7N10O6. The van der Waals surface area contributed by atoms with Gasteiger partial charge < -0.3 is 24.4 Å². The molecule has 16 nitrogen and oxygen atoms in total. The highest BCUT2D eigenvalue weighted by Gasteiger charge is 2.39. The molecule has 1 aromatic heterocycles. The lowest BCUT2D eigenvalue weighted by Gasteiger charge is -2.45. The molecule has 1 unspecified atom stereocenters. The van der Waals surface area contributed by atoms with Gasteiger partial charge in [-0.3, -0.25) is 29.8 Å². The molecule has 2 atom stereocenters. The largest absolute Gasteiger partial charge is 0.470 e. The molecule has 3 heterocycles. The number of alkyl halides is 3. The van der Waals surface area contributed by atoms with Gasteiger partial charge >= 0.3 is 24.1 Å². The van der Waals surface area contributed by atoms with Gasteiger partial charge in [0.2, 0.25) is 5.89 Å². The van der Waals surface area contributed by atoms with E-state index in [1.54, 1.807) is 11.8 Å². The van der Waals surface area contributed by atoms with Gasteiger partial charge in [0, 0.05) is 105 Å². The lowest BCUT2D eigenvalue weighted by molar-refractivity contribution is -0.156. The van der Waals surface area contributed by atoms with Crippen LogP contribution in [0.1, 0.15) is 39.9 Å². The summed E-state index contributed by atoms with van der Waals surface area (Å²) >= 11 is 6.12. The number of aryl methyl sites for hydroxylation is 1. The average Bonchev–Trinajstić information content (AvgIpc) is 3.87. The number of halogens is 8. The van der Waals surface area contributed by atoms with Crippen molar-refractivity contribution >= 4 is 40.9 Å². The molecule has 2 saturated heterocycles. The standard InChI is InChI=1S/C48H52ClF7N10O6/c1-29-21-35(7-9-38(29)50)65(46(70)63-13-11-61(12-14-63)17-19-67)26-33-5-3-31(22-40(33)52)43(69)58-57-25-30(2)42-28-64(16-15-62(42)18-20-68)47(71)66(36-8-10-39(51)37(49)24-36)27-34-6-4-32(23-41(34)53)44-59-60-45(72-44)48(54,55)56/h3-10,21-24,30,42,57,67-68H,11-20,25-28H2,1-2H3,(H,58,69)/t30-,42?/m1/s1. The highest BCUT2D eigenvalue weighted by atomic mass is 35.5. The lowest BCUT2D eigenvalue weighted by atomic mass is 9.97. The fourth-order valence-corrected chi connectivity index (χ4v) is 8.70. The van der Waals surface area contributed by atoms with Gasteiger partial charge in [-0.05, 0) is 79.1 Å². The van der Waals surface area contributed by atoms with Crippen molar-refractivity contribution in [2.75, 3.05) is 88.5 Å². The number of β-amino-alcohol motifs (C(OH)–C–C–N with tert-alkyl or cyclic N) is 2. The lowest BCUT2D eigenvalue weighted by Crippen LogP contribution is -2.60. The Morgan fingerprint density at radius 2 is 1.38 bits per heavy atom. The molecule has 2 aliphatic heterocycles. The Balaban J connectivity index is 1.01. The third-order valence-electron chi connectivity index (χ3n) is 12.6. The molecule has 4 N–H and O–H groups in total. The van der Waals surface area contributed by atoms with E-state index in [0.29, 0.717) is 44.0 Å². The van der Waals surface area contributed by atoms with Crippen molar-refractivity contribution in [2.45, 2.75) is 39.2 Å². The van der Waals surface area contributed by atoms with Crippen LogP contribution in [0.25, 0.3) is 11.5 Å². The van der Waals surface area contributed by atoms with Crippen LogP contribution in [-0.4, -0.2) is 143 Å². The average molecular weight is 1030 g/mol. The van der Waals surface area contributed by atoms with E-state index in [9.17, 15) is 46.5 Å². The number of aliphatic hydroxyl groups excluding tert-OH is 2. The summed E-state index contributed by atoms with van der Waals surface area (Å²) in [6.45, 7) is 5.63. The first-order chi connectivity index (χ1) is 34.3. The van der Waals surface area contributed by atoms with Gasteiger partial charge in [0.1, 0.15) is 23.3 Å². The van der Waals surface area contributed by atoms with Crippen LogP contribution in [0.2, 0.25) is 5.02 Å². The maximum Gasteiger partial charge on any atom is 0.470 e. The number of carbonyl (C=O) groups is 3. The summed E-state index contributed by atoms with van der Waals surface area (Å²) in [5, 5.41) is 25.3. The van der Waals surface area contributed by atoms with E-state index in [2.05, 4.69) is 25.5 Å². The van der Waals surface area contributed by atoms with E-state index in [4.69, 9.17) is 11.6 Å². The molecule has 386 valence electrons. The quantitative estimate of drug-likeness (QED) is 0.0613. The highest BCUT2D eigenvalue weighted by Crippen LogP contribution is 2.33. The highest BCUT2D eigenvalue weighted by molar-refractivity contribution is 6.31. The number of amides is 5. The predicted octanol–water partition coefficient (Wildman–Crippen LogP) is 6.69. The van der Waals surface area contributed by atoms with E-state index < -0.39 is 71.8 Å². The Bertz CT molecular complexity index is 2730. The van der Waals surface area contributed by atoms with Crippen molar-refractivity contribution in [3.63, 3.8) is 0 Å². The zero-order chi connectivity index (χ0) is 51.9. The first-order valence-corrected chi connectivity index (χ1v) is 23.3. The Labute approximate surface area is 414 Å². The number of urea groups is 2. The van der Waals surface area contributed by atoms with E-state index in [1.807, 2.05) is 16.7 Å². The Hall–Kier alpha value is -6.37. The zero-order valence-corrected chi connectivity index (χ0v) is 39.9. The molecule has 7 rings (SSSR count). The molecule has 0 radical (unpaired) electrons. The molecule has 2 fully saturated rings. The minimum Gasteiger partial charge on any atom is -0.413 e. The minimum absolute atomic E-state index is 0.0193. The van der Waals surface area contributed by atoms with Gasteiger partial charge in [0.15, 0.2) is 0 Å². The molecule has 0 spiro atoms. The number of anilines is 2. The van der Waals surface area contributed by atoms with E-state index in [-0.39, 0.29) is 91.4 Å². The van der Waals surface area contributed by atoms with Crippen molar-refractivity contribution in [1.29, 1.82) is 0 Å². The summed E-state index contributed by atoms with van der Waals surface area (Å²) in [5.41, 5.74) is 6.03. The van der Waals surface area contributed by atoms with Gasteiger partial charge in [-0.15, -0.1) is 10.2 Å². The van der Waals surface area contributed by atoms with Crippen LogP contribution in [-0.2, 0) is 19.3 Å². The van der Waals surface area contributed by atoms with Crippen molar-refractivity contribution < 1.29 is 59.7 Å². The molecule has 0 saturated carbocycles. The van der Waals surface area contributed by atoms with Crippen LogP contribution in [0.4, 0.5) is 51.7 Å². The Morgan fingerprint density at radius 3 is 1.97 bits per heavy atom. The first-order valence-electron chi connectivity index (χ1n) is 22.9. The van der Waals surface area contributed by atoms with Crippen molar-refractivity contribution in [1.82, 2.24) is 40.6 Å². The number of piperazine rings is 2. The summed E-state index contributed by atoms with van der Waals surface area (Å²) in [6.07, 6.45) is -4.92. The number of nitrogens with zero attached hydrogens (tertiary/aromatic N) is 8. The zero-order valence-electron chi connectivity index (χ0n) is 39.1. The number of benzene rings is 4. The molecule has 2 aliphatic rings. The van der Waals surface area contributed by atoms with Crippen molar-refractivity contribution in [2.24, 2.45) is 5.92 Å². The van der Waals surface area contributed by atoms with Crippen LogP contribution >= 0.6 is 11.6 Å². The number of hydrazine groups is 1. The fourth-order valence-electron chi connectivity index (χ4n) is 8.52.